The molecular weight excluding hydrogens is 406 g/mol. The molecule has 0 fully saturated rings. The Kier molecular flexibility index (Phi) is 5.31. The number of nitrogens with one attached hydrogen (secondary N) is 1. The van der Waals surface area contributed by atoms with Gasteiger partial charge < -0.3 is 4.52 Å². The summed E-state index contributed by atoms with van der Waals surface area (Å²) in [4.78, 5) is 4.22. The minimum atomic E-state index is -3.50. The van der Waals surface area contributed by atoms with Gasteiger partial charge in [-0.25, -0.2) is 13.1 Å². The summed E-state index contributed by atoms with van der Waals surface area (Å²) >= 11 is 3.38. The Balaban J connectivity index is 1.65. The van der Waals surface area contributed by atoms with Crippen molar-refractivity contribution in [2.75, 3.05) is 0 Å². The van der Waals surface area contributed by atoms with Crippen molar-refractivity contribution >= 4 is 26.0 Å². The highest BCUT2D eigenvalue weighted by molar-refractivity contribution is 9.10. The van der Waals surface area contributed by atoms with Gasteiger partial charge in [-0.15, -0.1) is 0 Å². The molecular formula is C17H16BrN3O3S. The maximum atomic E-state index is 12.2. The Labute approximate surface area is 154 Å². The van der Waals surface area contributed by atoms with E-state index in [4.69, 9.17) is 4.52 Å². The molecule has 25 heavy (non-hydrogen) atoms. The zero-order chi connectivity index (χ0) is 17.9. The van der Waals surface area contributed by atoms with Gasteiger partial charge in [-0.2, -0.15) is 4.98 Å². The van der Waals surface area contributed by atoms with Crippen molar-refractivity contribution < 1.29 is 12.9 Å². The topological polar surface area (TPSA) is 85.1 Å². The molecule has 0 atom stereocenters. The van der Waals surface area contributed by atoms with Crippen molar-refractivity contribution in [2.45, 2.75) is 19.2 Å². The van der Waals surface area contributed by atoms with E-state index in [1.165, 1.54) is 0 Å². The van der Waals surface area contributed by atoms with Gasteiger partial charge in [0.25, 0.3) is 0 Å². The van der Waals surface area contributed by atoms with Crippen molar-refractivity contribution in [2.24, 2.45) is 0 Å². The van der Waals surface area contributed by atoms with Gasteiger partial charge in [0.1, 0.15) is 0 Å². The van der Waals surface area contributed by atoms with E-state index in [0.717, 1.165) is 21.2 Å². The monoisotopic (exact) mass is 421 g/mol. The Hall–Kier alpha value is -2.03. The molecule has 0 saturated heterocycles. The molecule has 0 saturated carbocycles. The molecule has 8 heteroatoms. The van der Waals surface area contributed by atoms with Gasteiger partial charge in [-0.1, -0.05) is 63.0 Å². The summed E-state index contributed by atoms with van der Waals surface area (Å²) in [6.07, 6.45) is 0. The van der Waals surface area contributed by atoms with Crippen LogP contribution in [0.3, 0.4) is 0 Å². The molecule has 3 rings (SSSR count). The Morgan fingerprint density at radius 3 is 2.72 bits per heavy atom. The van der Waals surface area contributed by atoms with E-state index in [0.29, 0.717) is 5.82 Å². The van der Waals surface area contributed by atoms with E-state index in [9.17, 15) is 8.42 Å². The van der Waals surface area contributed by atoms with Crippen molar-refractivity contribution in [1.82, 2.24) is 14.9 Å². The van der Waals surface area contributed by atoms with E-state index in [1.807, 2.05) is 49.4 Å². The fourth-order valence-electron chi connectivity index (χ4n) is 2.32. The average Bonchev–Trinajstić information content (AvgIpc) is 3.02. The molecule has 3 aromatic rings. The molecule has 2 aromatic carbocycles. The minimum absolute atomic E-state index is 0.0465. The van der Waals surface area contributed by atoms with Crippen LogP contribution < -0.4 is 4.72 Å². The first-order valence-electron chi connectivity index (χ1n) is 7.53. The van der Waals surface area contributed by atoms with Gasteiger partial charge in [0.15, 0.2) is 0 Å². The predicted octanol–water partition coefficient (Wildman–Crippen LogP) is 3.43. The van der Waals surface area contributed by atoms with E-state index >= 15 is 0 Å². The molecule has 1 aromatic heterocycles. The highest BCUT2D eigenvalue weighted by Gasteiger charge is 2.15. The highest BCUT2D eigenvalue weighted by atomic mass is 79.9. The summed E-state index contributed by atoms with van der Waals surface area (Å²) in [5.74, 6) is 0.526. The molecule has 0 aliphatic carbocycles. The van der Waals surface area contributed by atoms with Crippen molar-refractivity contribution in [1.29, 1.82) is 0 Å². The van der Waals surface area contributed by atoms with Crippen LogP contribution in [0, 0.1) is 6.92 Å². The number of aromatic nitrogens is 2. The first-order chi connectivity index (χ1) is 11.9. The van der Waals surface area contributed by atoms with Gasteiger partial charge >= 0.3 is 0 Å². The minimum Gasteiger partial charge on any atom is -0.338 e. The third-order valence-electron chi connectivity index (χ3n) is 3.43. The van der Waals surface area contributed by atoms with Crippen LogP contribution in [-0.2, 0) is 22.3 Å². The zero-order valence-electron chi connectivity index (χ0n) is 13.4. The molecule has 0 radical (unpaired) electrons. The zero-order valence-corrected chi connectivity index (χ0v) is 15.8. The van der Waals surface area contributed by atoms with Crippen LogP contribution in [0.4, 0.5) is 0 Å². The number of rotatable bonds is 6. The molecule has 0 spiro atoms. The molecule has 1 N–H and O–H groups in total. The molecule has 0 bridgehead atoms. The maximum Gasteiger partial charge on any atom is 0.242 e. The molecule has 1 heterocycles. The van der Waals surface area contributed by atoms with Gasteiger partial charge in [-0.05, 0) is 24.6 Å². The number of sulfonamides is 1. The lowest BCUT2D eigenvalue weighted by molar-refractivity contribution is 0.376. The number of nitrogens with zero attached hydrogens (tertiary/aromatic N) is 2. The second-order valence-corrected chi connectivity index (χ2v) is 8.31. The summed E-state index contributed by atoms with van der Waals surface area (Å²) in [6, 6.07) is 14.8. The highest BCUT2D eigenvalue weighted by Crippen LogP contribution is 2.20. The molecule has 0 aliphatic heterocycles. The van der Waals surface area contributed by atoms with Gasteiger partial charge in [-0.3, -0.25) is 0 Å². The first-order valence-corrected chi connectivity index (χ1v) is 9.97. The second-order valence-electron chi connectivity index (χ2n) is 5.59. The largest absolute Gasteiger partial charge is 0.338 e. The van der Waals surface area contributed by atoms with Crippen LogP contribution in [0.2, 0.25) is 0 Å². The molecule has 130 valence electrons. The lowest BCUT2D eigenvalue weighted by atomic mass is 10.2. The molecule has 0 aliphatic rings. The Morgan fingerprint density at radius 2 is 1.96 bits per heavy atom. The maximum absolute atomic E-state index is 12.2. The standard InChI is InChI=1S/C17H16BrN3O3S/c1-12-4-2-5-13(8-12)11-25(22,23)19-10-16-20-17(21-24-16)14-6-3-7-15(18)9-14/h2-9,19H,10-11H2,1H3. The first kappa shape index (κ1) is 17.8. The summed E-state index contributed by atoms with van der Waals surface area (Å²) in [5, 5.41) is 3.88. The van der Waals surface area contributed by atoms with Crippen LogP contribution in [0.5, 0.6) is 0 Å². The normalized spacial score (nSPS) is 11.6. The molecule has 6 nitrogen and oxygen atoms in total. The quantitative estimate of drug-likeness (QED) is 0.658. The third kappa shape index (κ3) is 4.97. The second kappa shape index (κ2) is 7.47. The van der Waals surface area contributed by atoms with Crippen LogP contribution >= 0.6 is 15.9 Å². The van der Waals surface area contributed by atoms with Gasteiger partial charge in [0.05, 0.1) is 12.3 Å². The number of hydrogen-bond acceptors (Lipinski definition) is 5. The summed E-state index contributed by atoms with van der Waals surface area (Å²) < 4.78 is 32.9. The third-order valence-corrected chi connectivity index (χ3v) is 5.22. The van der Waals surface area contributed by atoms with Crippen molar-refractivity contribution in [3.8, 4) is 11.4 Å². The van der Waals surface area contributed by atoms with E-state index < -0.39 is 10.0 Å². The number of benzene rings is 2. The van der Waals surface area contributed by atoms with Crippen LogP contribution in [0.25, 0.3) is 11.4 Å². The molecule has 0 amide bonds. The summed E-state index contributed by atoms with van der Waals surface area (Å²) in [5.41, 5.74) is 2.53. The van der Waals surface area contributed by atoms with E-state index in [-0.39, 0.29) is 18.2 Å². The fraction of sp³-hybridized carbons (Fsp3) is 0.176. The summed E-state index contributed by atoms with van der Waals surface area (Å²) in [7, 11) is -3.50. The van der Waals surface area contributed by atoms with E-state index in [2.05, 4.69) is 30.8 Å². The number of halogens is 1. The van der Waals surface area contributed by atoms with Crippen molar-refractivity contribution in [3.63, 3.8) is 0 Å². The Bertz CT molecular complexity index is 986. The van der Waals surface area contributed by atoms with Gasteiger partial charge in [0.2, 0.25) is 21.7 Å². The molecule has 0 unspecified atom stereocenters. The average molecular weight is 422 g/mol. The fourth-order valence-corrected chi connectivity index (χ4v) is 3.78. The van der Waals surface area contributed by atoms with Crippen LogP contribution in [0.1, 0.15) is 17.0 Å². The smallest absolute Gasteiger partial charge is 0.242 e. The SMILES string of the molecule is Cc1cccc(CS(=O)(=O)NCc2nc(-c3cccc(Br)c3)no2)c1. The predicted molar refractivity (Wildman–Crippen MR) is 98.1 cm³/mol. The number of hydrogen-bond donors (Lipinski definition) is 1. The van der Waals surface area contributed by atoms with Crippen molar-refractivity contribution in [3.05, 3.63) is 70.0 Å². The van der Waals surface area contributed by atoms with E-state index in [1.54, 1.807) is 6.07 Å². The Morgan fingerprint density at radius 1 is 1.16 bits per heavy atom. The van der Waals surface area contributed by atoms with Crippen LogP contribution in [0.15, 0.2) is 57.5 Å². The van der Waals surface area contributed by atoms with Crippen LogP contribution in [-0.4, -0.2) is 18.6 Å². The lowest BCUT2D eigenvalue weighted by Gasteiger charge is -2.05. The van der Waals surface area contributed by atoms with Gasteiger partial charge in [0, 0.05) is 10.0 Å². The number of aryl methyl sites for hydroxylation is 1. The lowest BCUT2D eigenvalue weighted by Crippen LogP contribution is -2.24. The summed E-state index contributed by atoms with van der Waals surface area (Å²) in [6.45, 7) is 1.88.